The summed E-state index contributed by atoms with van der Waals surface area (Å²) in [6.45, 7) is 0. The molecule has 0 aliphatic rings. The van der Waals surface area contributed by atoms with Crippen LogP contribution in [0.25, 0.3) is 0 Å². The average molecular weight is 195 g/mol. The molecule has 0 aliphatic heterocycles. The van der Waals surface area contributed by atoms with E-state index in [1.807, 2.05) is 0 Å². The van der Waals surface area contributed by atoms with Crippen molar-refractivity contribution in [1.29, 1.82) is 0 Å². The van der Waals surface area contributed by atoms with E-state index in [1.54, 1.807) is 0 Å². The van der Waals surface area contributed by atoms with Crippen molar-refractivity contribution in [2.45, 2.75) is 0 Å². The van der Waals surface area contributed by atoms with Gasteiger partial charge in [-0.15, -0.1) is 0 Å². The molecule has 1 atom stereocenters. The van der Waals surface area contributed by atoms with E-state index in [4.69, 9.17) is 0 Å². The van der Waals surface area contributed by atoms with Gasteiger partial charge in [0, 0.05) is 0 Å². The van der Waals surface area contributed by atoms with Crippen LogP contribution in [0.5, 0.6) is 0 Å². The van der Waals surface area contributed by atoms with Crippen molar-refractivity contribution < 1.29 is 26.7 Å². The minimum Gasteiger partial charge on any atom is -0.153 e. The number of rotatable bonds is 2. The van der Waals surface area contributed by atoms with Gasteiger partial charge in [-0.2, -0.15) is 9.90 Å². The summed E-state index contributed by atoms with van der Waals surface area (Å²) < 4.78 is 0. The van der Waals surface area contributed by atoms with Gasteiger partial charge in [0.25, 0.3) is 0 Å². The third-order valence-corrected chi connectivity index (χ3v) is 0.537. The molecule has 0 fully saturated rings. The maximum Gasteiger partial charge on any atom is -0.153 e. The molecule has 0 spiro atoms. The standard InChI is InChI=1S/2CHO.H3P.Rh/c2*1-2;;/h2*1H;1H3;. The van der Waals surface area contributed by atoms with Gasteiger partial charge in [-0.1, -0.05) is 0 Å². The average Bonchev–Trinajstić information content (AvgIpc) is 1.41. The molecule has 0 aromatic rings. The van der Waals surface area contributed by atoms with Gasteiger partial charge >= 0.3 is 36.5 Å². The van der Waals surface area contributed by atoms with Crippen molar-refractivity contribution in [3.63, 3.8) is 0 Å². The second kappa shape index (κ2) is 9.04. The molecule has 0 aliphatic carbocycles. The van der Waals surface area contributed by atoms with E-state index in [0.717, 1.165) is 0 Å². The summed E-state index contributed by atoms with van der Waals surface area (Å²) in [6, 6.07) is 0. The first-order valence-electron chi connectivity index (χ1n) is 0.856. The minimum absolute atomic E-state index is 0. The minimum atomic E-state index is -0.454. The molecule has 0 rings (SSSR count). The Balaban J connectivity index is 0. The first-order chi connectivity index (χ1) is 2.41. The van der Waals surface area contributed by atoms with E-state index in [0.29, 0.717) is 9.76 Å². The molecular weight excluding hydrogens is 190 g/mol. The maximum absolute atomic E-state index is 9.20. The fourth-order valence-corrected chi connectivity index (χ4v) is 0.110. The molecule has 0 amide bonds. The normalized spacial score (nSPS) is 6.00. The van der Waals surface area contributed by atoms with Crippen LogP contribution in [0.1, 0.15) is 0 Å². The van der Waals surface area contributed by atoms with E-state index in [1.165, 1.54) is 0 Å². The number of carbonyl (C=O) groups excluding carboxylic acids is 2. The number of hydrogen-bond acceptors (Lipinski definition) is 2. The molecular formula is C2H5O2PRh. The molecule has 0 heterocycles. The summed E-state index contributed by atoms with van der Waals surface area (Å²) in [6.07, 6.45) is 0. The second-order valence-electron chi connectivity index (χ2n) is 0.268. The van der Waals surface area contributed by atoms with E-state index >= 15 is 0 Å². The van der Waals surface area contributed by atoms with Gasteiger partial charge in [0.2, 0.25) is 0 Å². The van der Waals surface area contributed by atoms with Crippen LogP contribution in [0.15, 0.2) is 0 Å². The maximum atomic E-state index is 9.20. The Morgan fingerprint density at radius 2 is 1.50 bits per heavy atom. The fourth-order valence-electron chi connectivity index (χ4n) is 0.0185. The molecule has 2 nitrogen and oxygen atoms in total. The van der Waals surface area contributed by atoms with Crippen LogP contribution in [0.4, 0.5) is 0 Å². The molecule has 0 saturated heterocycles. The molecule has 0 aromatic heterocycles. The van der Waals surface area contributed by atoms with Crippen LogP contribution in [-0.4, -0.2) is 9.76 Å². The summed E-state index contributed by atoms with van der Waals surface area (Å²) in [5.74, 6) is 0. The first kappa shape index (κ1) is 9.64. The van der Waals surface area contributed by atoms with E-state index < -0.39 is 17.1 Å². The van der Waals surface area contributed by atoms with Gasteiger partial charge in [-0.3, -0.25) is 0 Å². The SMILES string of the molecule is O=[CH][Rh][CH]=O.P. The second-order valence-corrected chi connectivity index (χ2v) is 1.59. The van der Waals surface area contributed by atoms with Gasteiger partial charge in [0.15, 0.2) is 0 Å². The van der Waals surface area contributed by atoms with Crippen molar-refractivity contribution in [3.05, 3.63) is 0 Å². The van der Waals surface area contributed by atoms with Gasteiger partial charge in [0.1, 0.15) is 0 Å². The van der Waals surface area contributed by atoms with Crippen LogP contribution in [0, 0.1) is 0 Å². The molecule has 0 saturated carbocycles. The molecule has 0 N–H and O–H groups in total. The van der Waals surface area contributed by atoms with Gasteiger partial charge in [-0.25, -0.2) is 0 Å². The zero-order valence-corrected chi connectivity index (χ0v) is 6.06. The van der Waals surface area contributed by atoms with Crippen LogP contribution in [0.2, 0.25) is 0 Å². The fraction of sp³-hybridized carbons (Fsp3) is 0. The van der Waals surface area contributed by atoms with Crippen LogP contribution in [-0.2, 0) is 26.7 Å². The number of carbonyl (C=O) groups is 2. The quantitative estimate of drug-likeness (QED) is 0.338. The van der Waals surface area contributed by atoms with Crippen molar-refractivity contribution in [2.75, 3.05) is 0 Å². The van der Waals surface area contributed by atoms with Crippen LogP contribution >= 0.6 is 9.90 Å². The Labute approximate surface area is 46.9 Å². The predicted molar refractivity (Wildman–Crippen MR) is 24.6 cm³/mol. The van der Waals surface area contributed by atoms with Gasteiger partial charge < -0.3 is 0 Å². The van der Waals surface area contributed by atoms with Gasteiger partial charge in [0.05, 0.1) is 0 Å². The first-order valence-corrected chi connectivity index (χ1v) is 2.75. The Morgan fingerprint density at radius 1 is 1.17 bits per heavy atom. The Kier molecular flexibility index (Phi) is 14.5. The Hall–Kier alpha value is 0.393. The van der Waals surface area contributed by atoms with Crippen LogP contribution < -0.4 is 0 Å². The number of hydrogen-bond donors (Lipinski definition) is 0. The van der Waals surface area contributed by atoms with Crippen LogP contribution in [0.3, 0.4) is 0 Å². The summed E-state index contributed by atoms with van der Waals surface area (Å²) in [7, 11) is 0. The third-order valence-electron chi connectivity index (χ3n) is 0.0907. The molecule has 6 heavy (non-hydrogen) atoms. The van der Waals surface area contributed by atoms with Crippen molar-refractivity contribution in [1.82, 2.24) is 0 Å². The Morgan fingerprint density at radius 3 is 1.50 bits per heavy atom. The molecule has 39 valence electrons. The zero-order valence-electron chi connectivity index (χ0n) is 3.01. The van der Waals surface area contributed by atoms with Crippen molar-refractivity contribution in [2.24, 2.45) is 0 Å². The third kappa shape index (κ3) is 8.83. The zero-order chi connectivity index (χ0) is 4.12. The topological polar surface area (TPSA) is 34.1 Å². The molecule has 0 aromatic carbocycles. The van der Waals surface area contributed by atoms with E-state index in [-0.39, 0.29) is 9.90 Å². The van der Waals surface area contributed by atoms with Crippen molar-refractivity contribution >= 4 is 19.7 Å². The van der Waals surface area contributed by atoms with Crippen molar-refractivity contribution in [3.8, 4) is 0 Å². The molecule has 4 heteroatoms. The van der Waals surface area contributed by atoms with Gasteiger partial charge in [-0.05, 0) is 0 Å². The van der Waals surface area contributed by atoms with E-state index in [9.17, 15) is 9.59 Å². The van der Waals surface area contributed by atoms with E-state index in [2.05, 4.69) is 0 Å². The molecule has 0 bridgehead atoms. The summed E-state index contributed by atoms with van der Waals surface area (Å²) >= 11 is -0.454. The smallest absolute Gasteiger partial charge is 0.153 e. The molecule has 0 radical (unpaired) electrons. The largest absolute Gasteiger partial charge is 0.153 e. The Bertz CT molecular complexity index is 40.8. The summed E-state index contributed by atoms with van der Waals surface area (Å²) in [4.78, 5) is 19.7. The predicted octanol–water partition coefficient (Wildman–Crippen LogP) is -0.493. The summed E-state index contributed by atoms with van der Waals surface area (Å²) in [5.41, 5.74) is 0. The summed E-state index contributed by atoms with van der Waals surface area (Å²) in [5, 5.41) is 0. The monoisotopic (exact) mass is 195 g/mol. The molecule has 1 unspecified atom stereocenters.